The zero-order valence-electron chi connectivity index (χ0n) is 67.8. The first kappa shape index (κ1) is 104. The van der Waals surface area contributed by atoms with Gasteiger partial charge in [0.05, 0.1) is 26.4 Å². The van der Waals surface area contributed by atoms with Gasteiger partial charge in [-0.15, -0.1) is 0 Å². The van der Waals surface area contributed by atoms with Gasteiger partial charge in [-0.1, -0.05) is 286 Å². The van der Waals surface area contributed by atoms with E-state index in [0.717, 1.165) is 180 Å². The maximum atomic E-state index is 13.1. The second kappa shape index (κ2) is 80.7. The average Bonchev–Trinajstić information content (AvgIpc) is 0.906. The fourth-order valence-corrected chi connectivity index (χ4v) is 11.6. The normalized spacial score (nSPS) is 14.9. The maximum Gasteiger partial charge on any atom is 0.472 e. The quantitative estimate of drug-likeness (QED) is 0.0169. The van der Waals surface area contributed by atoms with Crippen molar-refractivity contribution in [3.63, 3.8) is 0 Å². The van der Waals surface area contributed by atoms with E-state index in [4.69, 9.17) is 37.0 Å². The Morgan fingerprint density at radius 3 is 0.791 bits per heavy atom. The van der Waals surface area contributed by atoms with Crippen molar-refractivity contribution in [2.75, 3.05) is 39.6 Å². The van der Waals surface area contributed by atoms with Gasteiger partial charge in [-0.2, -0.15) is 0 Å². The van der Waals surface area contributed by atoms with Gasteiger partial charge in [0.15, 0.2) is 12.2 Å². The molecule has 3 N–H and O–H groups in total. The lowest BCUT2D eigenvalue weighted by Gasteiger charge is -2.21. The second-order valence-electron chi connectivity index (χ2n) is 26.6. The Labute approximate surface area is 665 Å². The number of esters is 4. The molecule has 0 rings (SSSR count). The van der Waals surface area contributed by atoms with Gasteiger partial charge < -0.3 is 33.8 Å². The number of hydrogen-bond donors (Lipinski definition) is 3. The van der Waals surface area contributed by atoms with Gasteiger partial charge in [0, 0.05) is 25.7 Å². The zero-order chi connectivity index (χ0) is 80.3. The standard InChI is InChI=1S/C91H144O17P2/c1-5-9-13-17-21-25-29-33-37-40-42-45-48-51-55-59-63-67-71-75-88(93)101-81-86(107-90(95)77-73-69-65-61-57-53-47-36-32-28-24-20-16-12-8-4)83-105-109(97,98)103-79-85(92)80-104-110(99,100)106-84-87(108-91(96)78-74-70-66-62-58-54-50-44-39-35-31-27-23-19-15-11-7-3)82-102-89(94)76-72-68-64-60-56-52-49-46-43-41-38-34-30-26-22-18-14-10-6-2/h9-11,13-15,21-28,33-39,42-43,45-47,50-52,54-56,64,68,85-87,92H,5-8,12,16-20,29-32,40-41,44,48-49,53,57-63,65-67,69-84H2,1-4H3,(H,97,98)(H,99,100)/b13-9-,14-10-,15-11-,25-21-,26-22-,27-23-,28-24-,37-33-,38-34-,39-35-,45-42-,46-43-,47-36-,54-50-,55-51-,56-52-,68-64-. The van der Waals surface area contributed by atoms with Crippen molar-refractivity contribution >= 4 is 39.5 Å². The van der Waals surface area contributed by atoms with Crippen LogP contribution in [0.1, 0.15) is 285 Å². The van der Waals surface area contributed by atoms with Crippen LogP contribution in [0.15, 0.2) is 207 Å². The summed E-state index contributed by atoms with van der Waals surface area (Å²) in [4.78, 5) is 73.2. The van der Waals surface area contributed by atoms with Crippen LogP contribution >= 0.6 is 15.6 Å². The molecule has 0 radical (unpaired) electrons. The van der Waals surface area contributed by atoms with Crippen molar-refractivity contribution < 1.29 is 80.2 Å². The average molecular weight is 1570 g/mol. The van der Waals surface area contributed by atoms with E-state index in [1.807, 2.05) is 18.2 Å². The lowest BCUT2D eigenvalue weighted by atomic mass is 10.1. The van der Waals surface area contributed by atoms with E-state index < -0.39 is 97.5 Å². The number of carbonyl (C=O) groups excluding carboxylic acids is 4. The van der Waals surface area contributed by atoms with Gasteiger partial charge >= 0.3 is 39.5 Å². The molecule has 0 aliphatic heterocycles. The molecular formula is C91H144O17P2. The number of ether oxygens (including phenoxy) is 4. The van der Waals surface area contributed by atoms with Gasteiger partial charge in [0.2, 0.25) is 0 Å². The van der Waals surface area contributed by atoms with Gasteiger partial charge in [0.25, 0.3) is 0 Å². The largest absolute Gasteiger partial charge is 0.472 e. The van der Waals surface area contributed by atoms with Crippen LogP contribution in [0.5, 0.6) is 0 Å². The number of rotatable bonds is 75. The summed E-state index contributed by atoms with van der Waals surface area (Å²) in [5, 5.41) is 10.7. The Balaban J connectivity index is 5.53. The number of aliphatic hydroxyl groups excluding tert-OH is 1. The van der Waals surface area contributed by atoms with Crippen LogP contribution in [0.3, 0.4) is 0 Å². The fourth-order valence-electron chi connectivity index (χ4n) is 10.1. The molecule has 0 bridgehead atoms. The molecule has 17 nitrogen and oxygen atoms in total. The minimum atomic E-state index is -5.02. The van der Waals surface area contributed by atoms with Crippen LogP contribution in [0.25, 0.3) is 0 Å². The molecule has 0 spiro atoms. The highest BCUT2D eigenvalue weighted by Gasteiger charge is 2.30. The molecule has 5 unspecified atom stereocenters. The highest BCUT2D eigenvalue weighted by molar-refractivity contribution is 7.47. The first-order valence-corrected chi connectivity index (χ1v) is 44.3. The number of unbranched alkanes of at least 4 members (excludes halogenated alkanes) is 15. The van der Waals surface area contributed by atoms with E-state index in [-0.39, 0.29) is 25.7 Å². The molecule has 0 aliphatic rings. The molecular weight excluding hydrogens is 1430 g/mol. The number of aliphatic hydroxyl groups is 1. The van der Waals surface area contributed by atoms with Crippen LogP contribution in [0, 0.1) is 0 Å². The third-order valence-electron chi connectivity index (χ3n) is 16.2. The molecule has 0 amide bonds. The van der Waals surface area contributed by atoms with E-state index in [1.54, 1.807) is 0 Å². The van der Waals surface area contributed by atoms with E-state index in [0.29, 0.717) is 32.1 Å². The van der Waals surface area contributed by atoms with Crippen molar-refractivity contribution in [3.8, 4) is 0 Å². The molecule has 620 valence electrons. The summed E-state index contributed by atoms with van der Waals surface area (Å²) in [7, 11) is -10.0. The molecule has 0 fully saturated rings. The van der Waals surface area contributed by atoms with Crippen LogP contribution in [-0.2, 0) is 65.4 Å². The number of phosphoric acid groups is 2. The van der Waals surface area contributed by atoms with Gasteiger partial charge in [-0.3, -0.25) is 37.3 Å². The highest BCUT2D eigenvalue weighted by atomic mass is 31.2. The number of hydrogen-bond acceptors (Lipinski definition) is 15. The topological polar surface area (TPSA) is 237 Å². The van der Waals surface area contributed by atoms with E-state index in [2.05, 4.69) is 216 Å². The summed E-state index contributed by atoms with van der Waals surface area (Å²) >= 11 is 0. The highest BCUT2D eigenvalue weighted by Crippen LogP contribution is 2.45. The fraction of sp³-hybridized carbons (Fsp3) is 0.582. The Kier molecular flexibility index (Phi) is 76.0. The predicted molar refractivity (Wildman–Crippen MR) is 454 cm³/mol. The predicted octanol–water partition coefficient (Wildman–Crippen LogP) is 24.7. The minimum absolute atomic E-state index is 0.0211. The molecule has 0 heterocycles. The van der Waals surface area contributed by atoms with E-state index in [9.17, 15) is 43.2 Å². The lowest BCUT2D eigenvalue weighted by molar-refractivity contribution is -0.161. The smallest absolute Gasteiger partial charge is 0.462 e. The third kappa shape index (κ3) is 79.7. The van der Waals surface area contributed by atoms with Crippen LogP contribution in [0.4, 0.5) is 0 Å². The van der Waals surface area contributed by atoms with Crippen LogP contribution in [0.2, 0.25) is 0 Å². The third-order valence-corrected chi connectivity index (χ3v) is 18.1. The minimum Gasteiger partial charge on any atom is -0.462 e. The molecule has 19 heteroatoms. The Morgan fingerprint density at radius 1 is 0.264 bits per heavy atom. The second-order valence-corrected chi connectivity index (χ2v) is 29.5. The molecule has 0 saturated carbocycles. The molecule has 0 aliphatic carbocycles. The van der Waals surface area contributed by atoms with Gasteiger partial charge in [-0.05, 0) is 180 Å². The Morgan fingerprint density at radius 2 is 0.491 bits per heavy atom. The maximum absolute atomic E-state index is 13.1. The summed E-state index contributed by atoms with van der Waals surface area (Å²) in [5.41, 5.74) is 0. The number of carbonyl (C=O) groups is 4. The van der Waals surface area contributed by atoms with Crippen molar-refractivity contribution in [2.24, 2.45) is 0 Å². The summed E-state index contributed by atoms with van der Waals surface area (Å²) < 4.78 is 68.6. The lowest BCUT2D eigenvalue weighted by Crippen LogP contribution is -2.30. The van der Waals surface area contributed by atoms with Crippen molar-refractivity contribution in [1.29, 1.82) is 0 Å². The molecule has 0 aromatic rings. The first-order valence-electron chi connectivity index (χ1n) is 41.3. The van der Waals surface area contributed by atoms with E-state index >= 15 is 0 Å². The van der Waals surface area contributed by atoms with Crippen molar-refractivity contribution in [1.82, 2.24) is 0 Å². The molecule has 110 heavy (non-hydrogen) atoms. The van der Waals surface area contributed by atoms with Crippen molar-refractivity contribution in [2.45, 2.75) is 303 Å². The summed E-state index contributed by atoms with van der Waals surface area (Å²) in [6.45, 7) is 4.32. The molecule has 5 atom stereocenters. The summed E-state index contributed by atoms with van der Waals surface area (Å²) in [6, 6.07) is 0. The Hall–Kier alpha value is -6.36. The first-order chi connectivity index (χ1) is 53.7. The number of allylic oxidation sites excluding steroid dienone is 34. The van der Waals surface area contributed by atoms with Gasteiger partial charge in [0.1, 0.15) is 19.3 Å². The van der Waals surface area contributed by atoms with E-state index in [1.165, 1.54) is 19.3 Å². The van der Waals surface area contributed by atoms with Crippen molar-refractivity contribution in [3.05, 3.63) is 207 Å². The summed E-state index contributed by atoms with van der Waals surface area (Å²) in [6.07, 6.45) is 101. The zero-order valence-corrected chi connectivity index (χ0v) is 69.6. The summed E-state index contributed by atoms with van der Waals surface area (Å²) in [5.74, 6) is -2.37. The van der Waals surface area contributed by atoms with Crippen LogP contribution in [-0.4, -0.2) is 96.7 Å². The van der Waals surface area contributed by atoms with Gasteiger partial charge in [-0.25, -0.2) is 9.13 Å². The SMILES string of the molecule is CC/C=C\C/C=C\C/C=C\C/C=C\C/C=C\C/C=C\CCC(=O)OCC(COP(=O)(O)OCC(O)COP(=O)(O)OCC(COC(=O)CCCCC/C=C\C/C=C\C/C=C\C/C=C\C/C=C\CC)OC(=O)CCCCCCC/C=C\C/C=C\CCCCC)OC(=O)CCCCCC/C=C\C/C=C\C/C=C\C/C=C\CC. The Bertz CT molecular complexity index is 2900. The molecule has 0 saturated heterocycles. The monoisotopic (exact) mass is 1570 g/mol. The molecule has 0 aromatic carbocycles. The van der Waals surface area contributed by atoms with Crippen LogP contribution < -0.4 is 0 Å². The molecule has 0 aromatic heterocycles. The number of phosphoric ester groups is 2.